The molecule has 0 aromatic heterocycles. The standard InChI is InChI=1S/C11H15NO2/c1-7-4-9(11(13)14)5-8(2)10(7)6-12-3/h4-5,12H,6H2,1-3H3,(H,13,14). The molecule has 0 saturated carbocycles. The van der Waals surface area contributed by atoms with Crippen molar-refractivity contribution in [2.75, 3.05) is 7.05 Å². The number of hydrogen-bond donors (Lipinski definition) is 2. The second-order valence-electron chi connectivity index (χ2n) is 3.42. The van der Waals surface area contributed by atoms with Gasteiger partial charge in [0.05, 0.1) is 5.56 Å². The number of carboxylic acids is 1. The predicted octanol–water partition coefficient (Wildman–Crippen LogP) is 1.72. The summed E-state index contributed by atoms with van der Waals surface area (Å²) in [5.74, 6) is -0.868. The Bertz CT molecular complexity index is 335. The summed E-state index contributed by atoms with van der Waals surface area (Å²) < 4.78 is 0. The van der Waals surface area contributed by atoms with Crippen LogP contribution in [0, 0.1) is 13.8 Å². The van der Waals surface area contributed by atoms with Gasteiger partial charge in [-0.15, -0.1) is 0 Å². The predicted molar refractivity (Wildman–Crippen MR) is 55.6 cm³/mol. The lowest BCUT2D eigenvalue weighted by atomic mass is 9.99. The molecule has 0 fully saturated rings. The van der Waals surface area contributed by atoms with Crippen molar-refractivity contribution in [3.63, 3.8) is 0 Å². The Morgan fingerprint density at radius 3 is 2.21 bits per heavy atom. The van der Waals surface area contributed by atoms with Gasteiger partial charge in [-0.3, -0.25) is 0 Å². The zero-order valence-electron chi connectivity index (χ0n) is 8.72. The Labute approximate surface area is 83.8 Å². The smallest absolute Gasteiger partial charge is 0.335 e. The molecule has 0 aliphatic heterocycles. The van der Waals surface area contributed by atoms with Gasteiger partial charge >= 0.3 is 5.97 Å². The third kappa shape index (κ3) is 2.12. The Morgan fingerprint density at radius 1 is 1.36 bits per heavy atom. The highest BCUT2D eigenvalue weighted by Crippen LogP contribution is 2.16. The van der Waals surface area contributed by atoms with E-state index < -0.39 is 5.97 Å². The van der Waals surface area contributed by atoms with Crippen LogP contribution in [-0.4, -0.2) is 18.1 Å². The molecule has 0 bridgehead atoms. The Kier molecular flexibility index (Phi) is 3.25. The molecule has 0 spiro atoms. The van der Waals surface area contributed by atoms with Crippen LogP contribution in [0.1, 0.15) is 27.0 Å². The van der Waals surface area contributed by atoms with Crippen LogP contribution in [0.25, 0.3) is 0 Å². The molecule has 1 rings (SSSR count). The minimum atomic E-state index is -0.868. The van der Waals surface area contributed by atoms with Crippen molar-refractivity contribution < 1.29 is 9.90 Å². The minimum Gasteiger partial charge on any atom is -0.478 e. The first kappa shape index (κ1) is 10.7. The topological polar surface area (TPSA) is 49.3 Å². The summed E-state index contributed by atoms with van der Waals surface area (Å²) in [5, 5.41) is 11.9. The zero-order valence-corrected chi connectivity index (χ0v) is 8.72. The average Bonchev–Trinajstić information content (AvgIpc) is 2.10. The van der Waals surface area contributed by atoms with Crippen molar-refractivity contribution in [2.45, 2.75) is 20.4 Å². The monoisotopic (exact) mass is 193 g/mol. The summed E-state index contributed by atoms with van der Waals surface area (Å²) >= 11 is 0. The summed E-state index contributed by atoms with van der Waals surface area (Å²) in [4.78, 5) is 10.8. The first-order valence-corrected chi connectivity index (χ1v) is 4.54. The van der Waals surface area contributed by atoms with Crippen LogP contribution in [0.4, 0.5) is 0 Å². The van der Waals surface area contributed by atoms with Gasteiger partial charge in [0.2, 0.25) is 0 Å². The van der Waals surface area contributed by atoms with Gasteiger partial charge in [0.15, 0.2) is 0 Å². The van der Waals surface area contributed by atoms with Crippen LogP contribution in [0.2, 0.25) is 0 Å². The summed E-state index contributed by atoms with van der Waals surface area (Å²) in [5.41, 5.74) is 3.59. The van der Waals surface area contributed by atoms with E-state index in [2.05, 4.69) is 5.32 Å². The third-order valence-corrected chi connectivity index (χ3v) is 2.30. The average molecular weight is 193 g/mol. The Balaban J connectivity index is 3.18. The lowest BCUT2D eigenvalue weighted by Crippen LogP contribution is -2.09. The number of aryl methyl sites for hydroxylation is 2. The van der Waals surface area contributed by atoms with Crippen molar-refractivity contribution in [1.29, 1.82) is 0 Å². The fraction of sp³-hybridized carbons (Fsp3) is 0.364. The Morgan fingerprint density at radius 2 is 1.86 bits per heavy atom. The number of rotatable bonds is 3. The van der Waals surface area contributed by atoms with E-state index in [-0.39, 0.29) is 0 Å². The Hall–Kier alpha value is -1.35. The molecule has 14 heavy (non-hydrogen) atoms. The minimum absolute atomic E-state index is 0.361. The van der Waals surface area contributed by atoms with Crippen molar-refractivity contribution in [3.05, 3.63) is 34.4 Å². The molecule has 0 saturated heterocycles. The number of hydrogen-bond acceptors (Lipinski definition) is 2. The summed E-state index contributed by atoms with van der Waals surface area (Å²) in [6, 6.07) is 3.42. The summed E-state index contributed by atoms with van der Waals surface area (Å²) in [6.07, 6.45) is 0. The molecule has 0 unspecified atom stereocenters. The van der Waals surface area contributed by atoms with Crippen molar-refractivity contribution in [1.82, 2.24) is 5.32 Å². The molecule has 1 aromatic rings. The fourth-order valence-electron chi connectivity index (χ4n) is 1.57. The lowest BCUT2D eigenvalue weighted by Gasteiger charge is -2.10. The lowest BCUT2D eigenvalue weighted by molar-refractivity contribution is 0.0696. The molecule has 0 radical (unpaired) electrons. The van der Waals surface area contributed by atoms with Crippen LogP contribution in [0.15, 0.2) is 12.1 Å². The van der Waals surface area contributed by atoms with Crippen LogP contribution in [-0.2, 0) is 6.54 Å². The zero-order chi connectivity index (χ0) is 10.7. The van der Waals surface area contributed by atoms with E-state index in [0.717, 1.165) is 17.7 Å². The van der Waals surface area contributed by atoms with Crippen LogP contribution in [0.5, 0.6) is 0 Å². The van der Waals surface area contributed by atoms with Gasteiger partial charge in [0.1, 0.15) is 0 Å². The number of carbonyl (C=O) groups is 1. The molecule has 0 amide bonds. The largest absolute Gasteiger partial charge is 0.478 e. The van der Waals surface area contributed by atoms with E-state index in [0.29, 0.717) is 5.56 Å². The molecular formula is C11H15NO2. The van der Waals surface area contributed by atoms with Crippen LogP contribution in [0.3, 0.4) is 0 Å². The number of aromatic carboxylic acids is 1. The highest BCUT2D eigenvalue weighted by Gasteiger charge is 2.08. The van der Waals surface area contributed by atoms with E-state index in [9.17, 15) is 4.79 Å². The summed E-state index contributed by atoms with van der Waals surface area (Å²) in [7, 11) is 1.88. The normalized spacial score (nSPS) is 10.2. The van der Waals surface area contributed by atoms with Gasteiger partial charge in [-0.2, -0.15) is 0 Å². The van der Waals surface area contributed by atoms with Crippen molar-refractivity contribution >= 4 is 5.97 Å². The van der Waals surface area contributed by atoms with E-state index in [4.69, 9.17) is 5.11 Å². The first-order valence-electron chi connectivity index (χ1n) is 4.54. The van der Waals surface area contributed by atoms with Gasteiger partial charge in [0, 0.05) is 6.54 Å². The summed E-state index contributed by atoms with van der Waals surface area (Å²) in [6.45, 7) is 4.65. The second-order valence-corrected chi connectivity index (χ2v) is 3.42. The van der Waals surface area contributed by atoms with E-state index in [1.807, 2.05) is 20.9 Å². The quantitative estimate of drug-likeness (QED) is 0.768. The van der Waals surface area contributed by atoms with E-state index in [1.54, 1.807) is 12.1 Å². The van der Waals surface area contributed by atoms with E-state index in [1.165, 1.54) is 5.56 Å². The maximum atomic E-state index is 10.8. The SMILES string of the molecule is CNCc1c(C)cc(C(=O)O)cc1C. The number of nitrogens with one attached hydrogen (secondary N) is 1. The van der Waals surface area contributed by atoms with Gasteiger partial charge in [0.25, 0.3) is 0 Å². The third-order valence-electron chi connectivity index (χ3n) is 2.30. The molecule has 0 aliphatic carbocycles. The fourth-order valence-corrected chi connectivity index (χ4v) is 1.57. The van der Waals surface area contributed by atoms with Crippen LogP contribution >= 0.6 is 0 Å². The highest BCUT2D eigenvalue weighted by molar-refractivity contribution is 5.88. The maximum absolute atomic E-state index is 10.8. The molecular weight excluding hydrogens is 178 g/mol. The van der Waals surface area contributed by atoms with Gasteiger partial charge < -0.3 is 10.4 Å². The molecule has 3 nitrogen and oxygen atoms in total. The van der Waals surface area contributed by atoms with Crippen molar-refractivity contribution in [2.24, 2.45) is 0 Å². The maximum Gasteiger partial charge on any atom is 0.335 e. The van der Waals surface area contributed by atoms with Gasteiger partial charge in [-0.25, -0.2) is 4.79 Å². The number of benzene rings is 1. The molecule has 0 atom stereocenters. The molecule has 3 heteroatoms. The van der Waals surface area contributed by atoms with Crippen LogP contribution < -0.4 is 5.32 Å². The molecule has 76 valence electrons. The van der Waals surface area contributed by atoms with Gasteiger partial charge in [-0.05, 0) is 49.7 Å². The second kappa shape index (κ2) is 4.24. The first-order chi connectivity index (χ1) is 6.56. The van der Waals surface area contributed by atoms with E-state index >= 15 is 0 Å². The molecule has 0 aliphatic rings. The molecule has 1 aromatic carbocycles. The van der Waals surface area contributed by atoms with Gasteiger partial charge in [-0.1, -0.05) is 0 Å². The highest BCUT2D eigenvalue weighted by atomic mass is 16.4. The molecule has 2 N–H and O–H groups in total. The number of carboxylic acid groups (broad SMARTS) is 1. The van der Waals surface area contributed by atoms with Crippen molar-refractivity contribution in [3.8, 4) is 0 Å². The molecule has 0 heterocycles.